The first-order chi connectivity index (χ1) is 10.3. The molecule has 0 aliphatic carbocycles. The zero-order chi connectivity index (χ0) is 14.9. The molecule has 2 nitrogen and oxygen atoms in total. The zero-order valence-electron chi connectivity index (χ0n) is 13.1. The van der Waals surface area contributed by atoms with Crippen molar-refractivity contribution < 1.29 is 4.74 Å². The Labute approximate surface area is 128 Å². The molecule has 2 rings (SSSR count). The lowest BCUT2D eigenvalue weighted by Gasteiger charge is -2.09. The topological polar surface area (TPSA) is 21.3 Å². The third-order valence-electron chi connectivity index (χ3n) is 3.48. The van der Waals surface area contributed by atoms with Crippen molar-refractivity contribution >= 4 is 5.69 Å². The molecule has 2 heteroatoms. The molecule has 0 bridgehead atoms. The van der Waals surface area contributed by atoms with Crippen molar-refractivity contribution in [2.75, 3.05) is 11.9 Å². The second kappa shape index (κ2) is 8.35. The highest BCUT2D eigenvalue weighted by atomic mass is 16.5. The van der Waals surface area contributed by atoms with E-state index in [0.717, 1.165) is 18.0 Å². The summed E-state index contributed by atoms with van der Waals surface area (Å²) >= 11 is 0. The molecule has 0 saturated heterocycles. The zero-order valence-corrected chi connectivity index (χ0v) is 13.1. The van der Waals surface area contributed by atoms with Crippen molar-refractivity contribution in [2.24, 2.45) is 0 Å². The first-order valence-corrected chi connectivity index (χ1v) is 7.86. The second-order valence-corrected chi connectivity index (χ2v) is 5.23. The van der Waals surface area contributed by atoms with Crippen LogP contribution in [0.25, 0.3) is 0 Å². The number of anilines is 1. The van der Waals surface area contributed by atoms with Crippen LogP contribution < -0.4 is 10.1 Å². The number of aryl methyl sites for hydroxylation is 1. The van der Waals surface area contributed by atoms with Crippen LogP contribution >= 0.6 is 0 Å². The summed E-state index contributed by atoms with van der Waals surface area (Å²) in [6.45, 7) is 5.75. The summed E-state index contributed by atoms with van der Waals surface area (Å²) < 4.78 is 5.52. The van der Waals surface area contributed by atoms with Gasteiger partial charge in [-0.3, -0.25) is 0 Å². The Hall–Kier alpha value is -1.96. The largest absolute Gasteiger partial charge is 0.494 e. The minimum absolute atomic E-state index is 0.704. The lowest BCUT2D eigenvalue weighted by molar-refractivity contribution is 0.340. The molecule has 0 radical (unpaired) electrons. The molecule has 0 unspecified atom stereocenters. The van der Waals surface area contributed by atoms with Gasteiger partial charge in [0, 0.05) is 12.2 Å². The van der Waals surface area contributed by atoms with Crippen LogP contribution in [0.3, 0.4) is 0 Å². The number of unbranched alkanes of at least 4 members (excludes halogenated alkanes) is 1. The van der Waals surface area contributed by atoms with E-state index in [2.05, 4.69) is 48.6 Å². The van der Waals surface area contributed by atoms with Gasteiger partial charge >= 0.3 is 0 Å². The monoisotopic (exact) mass is 283 g/mol. The Morgan fingerprint density at radius 3 is 2.48 bits per heavy atom. The number of ether oxygens (including phenoxy) is 1. The SMILES string of the molecule is CCCCc1ccc(NCc2cccc(OCC)c2)cc1. The van der Waals surface area contributed by atoms with Gasteiger partial charge in [-0.15, -0.1) is 0 Å². The highest BCUT2D eigenvalue weighted by molar-refractivity contribution is 5.45. The van der Waals surface area contributed by atoms with Crippen molar-refractivity contribution in [3.63, 3.8) is 0 Å². The van der Waals surface area contributed by atoms with Gasteiger partial charge in [0.15, 0.2) is 0 Å². The van der Waals surface area contributed by atoms with Crippen LogP contribution in [0, 0.1) is 0 Å². The Morgan fingerprint density at radius 1 is 0.952 bits per heavy atom. The maximum absolute atomic E-state index is 5.52. The fraction of sp³-hybridized carbons (Fsp3) is 0.368. The van der Waals surface area contributed by atoms with E-state index in [-0.39, 0.29) is 0 Å². The maximum Gasteiger partial charge on any atom is 0.119 e. The lowest BCUT2D eigenvalue weighted by Crippen LogP contribution is -2.00. The normalized spacial score (nSPS) is 10.4. The Balaban J connectivity index is 1.88. The minimum Gasteiger partial charge on any atom is -0.494 e. The van der Waals surface area contributed by atoms with Gasteiger partial charge in [-0.05, 0) is 55.2 Å². The first kappa shape index (κ1) is 15.4. The van der Waals surface area contributed by atoms with E-state index in [1.165, 1.54) is 30.4 Å². The van der Waals surface area contributed by atoms with Crippen molar-refractivity contribution in [1.82, 2.24) is 0 Å². The summed E-state index contributed by atoms with van der Waals surface area (Å²) in [6.07, 6.45) is 3.68. The first-order valence-electron chi connectivity index (χ1n) is 7.86. The minimum atomic E-state index is 0.704. The molecular formula is C19H25NO. The second-order valence-electron chi connectivity index (χ2n) is 5.23. The van der Waals surface area contributed by atoms with Crippen LogP contribution in [0.4, 0.5) is 5.69 Å². The van der Waals surface area contributed by atoms with Crippen molar-refractivity contribution in [2.45, 2.75) is 39.7 Å². The van der Waals surface area contributed by atoms with Gasteiger partial charge in [-0.1, -0.05) is 37.6 Å². The van der Waals surface area contributed by atoms with E-state index >= 15 is 0 Å². The quantitative estimate of drug-likeness (QED) is 0.732. The van der Waals surface area contributed by atoms with E-state index in [1.54, 1.807) is 0 Å². The number of hydrogen-bond acceptors (Lipinski definition) is 2. The summed E-state index contributed by atoms with van der Waals surface area (Å²) in [5.41, 5.74) is 3.81. The third kappa shape index (κ3) is 5.14. The van der Waals surface area contributed by atoms with Gasteiger partial charge in [-0.25, -0.2) is 0 Å². The van der Waals surface area contributed by atoms with Crippen LogP contribution in [0.2, 0.25) is 0 Å². The van der Waals surface area contributed by atoms with E-state index in [1.807, 2.05) is 19.1 Å². The summed E-state index contributed by atoms with van der Waals surface area (Å²) in [4.78, 5) is 0. The Morgan fingerprint density at radius 2 is 1.76 bits per heavy atom. The number of benzene rings is 2. The van der Waals surface area contributed by atoms with E-state index in [4.69, 9.17) is 4.74 Å². The van der Waals surface area contributed by atoms with Crippen molar-refractivity contribution in [1.29, 1.82) is 0 Å². The average Bonchev–Trinajstić information content (AvgIpc) is 2.53. The van der Waals surface area contributed by atoms with E-state index in [0.29, 0.717) is 6.61 Å². The molecule has 2 aromatic carbocycles. The molecule has 112 valence electrons. The standard InChI is InChI=1S/C19H25NO/c1-3-5-7-16-10-12-18(13-11-16)20-15-17-8-6-9-19(14-17)21-4-2/h6,8-14,20H,3-5,7,15H2,1-2H3. The molecule has 1 N–H and O–H groups in total. The molecule has 0 amide bonds. The molecule has 0 heterocycles. The van der Waals surface area contributed by atoms with Gasteiger partial charge < -0.3 is 10.1 Å². The number of rotatable bonds is 8. The third-order valence-corrected chi connectivity index (χ3v) is 3.48. The van der Waals surface area contributed by atoms with Gasteiger partial charge in [0.05, 0.1) is 6.61 Å². The molecule has 0 aliphatic heterocycles. The van der Waals surface area contributed by atoms with Gasteiger partial charge in [0.25, 0.3) is 0 Å². The van der Waals surface area contributed by atoms with Crippen molar-refractivity contribution in [3.8, 4) is 5.75 Å². The highest BCUT2D eigenvalue weighted by Gasteiger charge is 1.98. The fourth-order valence-electron chi connectivity index (χ4n) is 2.29. The molecule has 0 atom stereocenters. The number of nitrogens with one attached hydrogen (secondary N) is 1. The molecule has 2 aromatic rings. The van der Waals surface area contributed by atoms with Crippen molar-refractivity contribution in [3.05, 3.63) is 59.7 Å². The summed E-state index contributed by atoms with van der Waals surface area (Å²) in [5.74, 6) is 0.937. The van der Waals surface area contributed by atoms with Gasteiger partial charge in [-0.2, -0.15) is 0 Å². The Bertz CT molecular complexity index is 534. The predicted molar refractivity (Wildman–Crippen MR) is 90.0 cm³/mol. The maximum atomic E-state index is 5.52. The Kier molecular flexibility index (Phi) is 6.14. The fourth-order valence-corrected chi connectivity index (χ4v) is 2.29. The smallest absolute Gasteiger partial charge is 0.119 e. The van der Waals surface area contributed by atoms with Gasteiger partial charge in [0.1, 0.15) is 5.75 Å². The van der Waals surface area contributed by atoms with Gasteiger partial charge in [0.2, 0.25) is 0 Å². The summed E-state index contributed by atoms with van der Waals surface area (Å²) in [6, 6.07) is 17.0. The highest BCUT2D eigenvalue weighted by Crippen LogP contribution is 2.16. The molecule has 0 spiro atoms. The van der Waals surface area contributed by atoms with Crippen LogP contribution in [-0.2, 0) is 13.0 Å². The molecular weight excluding hydrogens is 258 g/mol. The van der Waals surface area contributed by atoms with Crippen LogP contribution in [0.15, 0.2) is 48.5 Å². The molecule has 0 saturated carbocycles. The lowest BCUT2D eigenvalue weighted by atomic mass is 10.1. The number of hydrogen-bond donors (Lipinski definition) is 1. The summed E-state index contributed by atoms with van der Waals surface area (Å²) in [5, 5.41) is 3.46. The van der Waals surface area contributed by atoms with Crippen LogP contribution in [0.1, 0.15) is 37.8 Å². The molecule has 21 heavy (non-hydrogen) atoms. The predicted octanol–water partition coefficient (Wildman–Crippen LogP) is 5.04. The van der Waals surface area contributed by atoms with E-state index < -0.39 is 0 Å². The summed E-state index contributed by atoms with van der Waals surface area (Å²) in [7, 11) is 0. The van der Waals surface area contributed by atoms with E-state index in [9.17, 15) is 0 Å². The van der Waals surface area contributed by atoms with Crippen LogP contribution in [0.5, 0.6) is 5.75 Å². The average molecular weight is 283 g/mol. The molecule has 0 aliphatic rings. The molecule has 0 aromatic heterocycles. The van der Waals surface area contributed by atoms with Crippen LogP contribution in [-0.4, -0.2) is 6.61 Å². The molecule has 0 fully saturated rings.